The number of carbonyl (C=O) groups is 2. The van der Waals surface area contributed by atoms with E-state index >= 15 is 0 Å². The van der Waals surface area contributed by atoms with Gasteiger partial charge in [-0.05, 0) is 25.1 Å². The van der Waals surface area contributed by atoms with Crippen LogP contribution in [0.5, 0.6) is 0 Å². The van der Waals surface area contributed by atoms with Gasteiger partial charge in [0.25, 0.3) is 11.6 Å². The van der Waals surface area contributed by atoms with Crippen LogP contribution < -0.4 is 5.32 Å². The zero-order valence-electron chi connectivity index (χ0n) is 15.2. The molecule has 1 amide bonds. The number of nitro groups is 1. The van der Waals surface area contributed by atoms with Crippen molar-refractivity contribution in [1.82, 2.24) is 9.78 Å². The average Bonchev–Trinajstić information content (AvgIpc) is 3.01. The standard InChI is InChI=1S/C19H15ClN4O5/c1-12-17(18(20)23(22-12)14-7-3-2-4-8-14)19(26)29-11-16(25)21-13-6-5-9-15(10-13)24(27)28/h2-10H,11H2,1H3,(H,21,25). The Morgan fingerprint density at radius 1 is 1.21 bits per heavy atom. The van der Waals surface area contributed by atoms with Crippen LogP contribution in [0.25, 0.3) is 5.69 Å². The molecule has 3 rings (SSSR count). The topological polar surface area (TPSA) is 116 Å². The Bertz CT molecular complexity index is 1080. The number of benzene rings is 2. The Balaban J connectivity index is 1.67. The first kappa shape index (κ1) is 20.0. The lowest BCUT2D eigenvalue weighted by molar-refractivity contribution is -0.384. The van der Waals surface area contributed by atoms with E-state index < -0.39 is 23.4 Å². The summed E-state index contributed by atoms with van der Waals surface area (Å²) in [5, 5.41) is 17.5. The van der Waals surface area contributed by atoms with Crippen LogP contribution in [0.2, 0.25) is 5.15 Å². The second-order valence-electron chi connectivity index (χ2n) is 5.93. The lowest BCUT2D eigenvalue weighted by Crippen LogP contribution is -2.21. The molecule has 10 heteroatoms. The van der Waals surface area contributed by atoms with Crippen molar-refractivity contribution < 1.29 is 19.2 Å². The Labute approximate surface area is 170 Å². The fourth-order valence-electron chi connectivity index (χ4n) is 2.57. The lowest BCUT2D eigenvalue weighted by atomic mass is 10.2. The van der Waals surface area contributed by atoms with Crippen LogP contribution in [0.3, 0.4) is 0 Å². The quantitative estimate of drug-likeness (QED) is 0.374. The molecule has 0 aliphatic heterocycles. The highest BCUT2D eigenvalue weighted by Crippen LogP contribution is 2.24. The Hall–Kier alpha value is -3.72. The van der Waals surface area contributed by atoms with Crippen molar-refractivity contribution >= 4 is 34.9 Å². The van der Waals surface area contributed by atoms with Crippen LogP contribution in [0.15, 0.2) is 54.6 Å². The number of non-ortho nitro benzene ring substituents is 1. The predicted octanol–water partition coefficient (Wildman–Crippen LogP) is 3.54. The number of hydrogen-bond donors (Lipinski definition) is 1. The van der Waals surface area contributed by atoms with Crippen molar-refractivity contribution in [3.63, 3.8) is 0 Å². The number of esters is 1. The molecule has 0 atom stereocenters. The molecule has 0 spiro atoms. The predicted molar refractivity (Wildman–Crippen MR) is 105 cm³/mol. The number of nitrogens with zero attached hydrogens (tertiary/aromatic N) is 3. The second-order valence-corrected chi connectivity index (χ2v) is 6.29. The highest BCUT2D eigenvalue weighted by atomic mass is 35.5. The third-order valence-electron chi connectivity index (χ3n) is 3.88. The minimum Gasteiger partial charge on any atom is -0.452 e. The maximum Gasteiger partial charge on any atom is 0.343 e. The second kappa shape index (κ2) is 8.53. The van der Waals surface area contributed by atoms with Gasteiger partial charge in [0.15, 0.2) is 6.61 Å². The summed E-state index contributed by atoms with van der Waals surface area (Å²) in [4.78, 5) is 34.6. The molecule has 1 N–H and O–H groups in total. The first-order valence-electron chi connectivity index (χ1n) is 8.39. The third kappa shape index (κ3) is 4.58. The summed E-state index contributed by atoms with van der Waals surface area (Å²) in [7, 11) is 0. The Morgan fingerprint density at radius 3 is 2.62 bits per heavy atom. The summed E-state index contributed by atoms with van der Waals surface area (Å²) in [5.41, 5.74) is 1.12. The smallest absolute Gasteiger partial charge is 0.343 e. The van der Waals surface area contributed by atoms with Crippen LogP contribution >= 0.6 is 11.6 Å². The molecule has 1 aromatic heterocycles. The molecule has 0 unspecified atom stereocenters. The maximum absolute atomic E-state index is 12.4. The van der Waals surface area contributed by atoms with Gasteiger partial charge >= 0.3 is 5.97 Å². The summed E-state index contributed by atoms with van der Waals surface area (Å²) in [6.07, 6.45) is 0. The van der Waals surface area contributed by atoms with Crippen LogP contribution in [0.1, 0.15) is 16.1 Å². The van der Waals surface area contributed by atoms with Gasteiger partial charge in [0.2, 0.25) is 0 Å². The van der Waals surface area contributed by atoms with Crippen LogP contribution in [0.4, 0.5) is 11.4 Å². The van der Waals surface area contributed by atoms with Crippen LogP contribution in [-0.4, -0.2) is 33.2 Å². The summed E-state index contributed by atoms with van der Waals surface area (Å²) in [5.74, 6) is -1.45. The molecule has 29 heavy (non-hydrogen) atoms. The molecule has 0 bridgehead atoms. The fraction of sp³-hybridized carbons (Fsp3) is 0.105. The summed E-state index contributed by atoms with van der Waals surface area (Å²) in [6, 6.07) is 14.4. The number of anilines is 1. The lowest BCUT2D eigenvalue weighted by Gasteiger charge is -2.07. The van der Waals surface area contributed by atoms with Crippen molar-refractivity contribution in [3.8, 4) is 5.69 Å². The molecule has 0 saturated carbocycles. The van der Waals surface area contributed by atoms with Gasteiger partial charge in [0, 0.05) is 17.8 Å². The number of nitrogens with one attached hydrogen (secondary N) is 1. The SMILES string of the molecule is Cc1nn(-c2ccccc2)c(Cl)c1C(=O)OCC(=O)Nc1cccc([N+](=O)[O-])c1. The zero-order chi connectivity index (χ0) is 21.0. The molecule has 0 aliphatic carbocycles. The van der Waals surface area contributed by atoms with E-state index in [1.54, 1.807) is 31.2 Å². The van der Waals surface area contributed by atoms with E-state index in [0.29, 0.717) is 11.4 Å². The van der Waals surface area contributed by atoms with Gasteiger partial charge in [-0.1, -0.05) is 35.9 Å². The van der Waals surface area contributed by atoms with Crippen molar-refractivity contribution in [3.05, 3.63) is 81.1 Å². The average molecular weight is 415 g/mol. The normalized spacial score (nSPS) is 10.4. The van der Waals surface area contributed by atoms with E-state index in [0.717, 1.165) is 0 Å². The van der Waals surface area contributed by atoms with Gasteiger partial charge in [-0.2, -0.15) is 5.10 Å². The van der Waals surface area contributed by atoms with Crippen molar-refractivity contribution in [2.45, 2.75) is 6.92 Å². The number of ether oxygens (including phenoxy) is 1. The van der Waals surface area contributed by atoms with Gasteiger partial charge in [-0.15, -0.1) is 0 Å². The molecule has 3 aromatic rings. The fourth-order valence-corrected chi connectivity index (χ4v) is 2.92. The first-order valence-corrected chi connectivity index (χ1v) is 8.76. The number of carbonyl (C=O) groups excluding carboxylic acids is 2. The van der Waals surface area contributed by atoms with E-state index in [1.807, 2.05) is 6.07 Å². The first-order chi connectivity index (χ1) is 13.9. The van der Waals surface area contributed by atoms with E-state index in [2.05, 4.69) is 10.4 Å². The number of hydrogen-bond acceptors (Lipinski definition) is 6. The minimum atomic E-state index is -0.802. The summed E-state index contributed by atoms with van der Waals surface area (Å²) >= 11 is 6.29. The maximum atomic E-state index is 12.4. The van der Waals surface area contributed by atoms with Crippen molar-refractivity contribution in [1.29, 1.82) is 0 Å². The molecule has 0 aliphatic rings. The van der Waals surface area contributed by atoms with Gasteiger partial charge in [0.05, 0.1) is 16.3 Å². The molecule has 148 valence electrons. The van der Waals surface area contributed by atoms with E-state index in [-0.39, 0.29) is 22.1 Å². The van der Waals surface area contributed by atoms with E-state index in [4.69, 9.17) is 16.3 Å². The zero-order valence-corrected chi connectivity index (χ0v) is 15.9. The number of rotatable bonds is 6. The largest absolute Gasteiger partial charge is 0.452 e. The van der Waals surface area contributed by atoms with Crippen molar-refractivity contribution in [2.24, 2.45) is 0 Å². The Morgan fingerprint density at radius 2 is 1.93 bits per heavy atom. The van der Waals surface area contributed by atoms with E-state index in [9.17, 15) is 19.7 Å². The number of halogens is 1. The number of aryl methyl sites for hydroxylation is 1. The van der Waals surface area contributed by atoms with Gasteiger partial charge in [-0.3, -0.25) is 14.9 Å². The van der Waals surface area contributed by atoms with E-state index in [1.165, 1.54) is 28.9 Å². The summed E-state index contributed by atoms with van der Waals surface area (Å²) in [6.45, 7) is 1.01. The monoisotopic (exact) mass is 414 g/mol. The summed E-state index contributed by atoms with van der Waals surface area (Å²) < 4.78 is 6.43. The minimum absolute atomic E-state index is 0.0543. The molecule has 0 saturated heterocycles. The molecule has 0 fully saturated rings. The number of nitro benzene ring substituents is 1. The number of amides is 1. The highest BCUT2D eigenvalue weighted by molar-refractivity contribution is 6.33. The molecular weight excluding hydrogens is 400 g/mol. The van der Waals surface area contributed by atoms with Gasteiger partial charge < -0.3 is 10.1 Å². The highest BCUT2D eigenvalue weighted by Gasteiger charge is 2.23. The van der Waals surface area contributed by atoms with Crippen LogP contribution in [0, 0.1) is 17.0 Å². The molecule has 9 nitrogen and oxygen atoms in total. The third-order valence-corrected chi connectivity index (χ3v) is 4.23. The number of aromatic nitrogens is 2. The molecule has 2 aromatic carbocycles. The molecule has 1 heterocycles. The molecule has 0 radical (unpaired) electrons. The van der Waals surface area contributed by atoms with Crippen molar-refractivity contribution in [2.75, 3.05) is 11.9 Å². The van der Waals surface area contributed by atoms with Gasteiger partial charge in [-0.25, -0.2) is 9.48 Å². The molecular formula is C19H15ClN4O5. The Kier molecular flexibility index (Phi) is 5.89. The van der Waals surface area contributed by atoms with Crippen LogP contribution in [-0.2, 0) is 9.53 Å². The van der Waals surface area contributed by atoms with Gasteiger partial charge in [0.1, 0.15) is 10.7 Å². The number of para-hydroxylation sites is 1.